The van der Waals surface area contributed by atoms with E-state index in [1.54, 1.807) is 0 Å². The second kappa shape index (κ2) is 7.36. The van der Waals surface area contributed by atoms with E-state index in [0.717, 1.165) is 6.42 Å². The summed E-state index contributed by atoms with van der Waals surface area (Å²) < 4.78 is 5.04. The van der Waals surface area contributed by atoms with Gasteiger partial charge in [-0.25, -0.2) is 4.79 Å². The van der Waals surface area contributed by atoms with Crippen molar-refractivity contribution in [3.8, 4) is 0 Å². The fraction of sp³-hybridized carbons (Fsp3) is 0.385. The van der Waals surface area contributed by atoms with Crippen LogP contribution in [0, 0.1) is 0 Å². The number of hydrogen-bond acceptors (Lipinski definition) is 4. The Bertz CT molecular complexity index is 497. The van der Waals surface area contributed by atoms with Gasteiger partial charge in [0.05, 0.1) is 21.3 Å². The highest BCUT2D eigenvalue weighted by molar-refractivity contribution is 6.43. The molecule has 20 heavy (non-hydrogen) atoms. The standard InChI is InChI=1S/C13H16Cl2N2O3/c1-3-4-17-12(18)7(2)20-13(19)8-5-9(14)11(15)10(16)6-8/h5-7H,3-4,16H2,1-2H3,(H,17,18). The number of rotatable bonds is 5. The minimum absolute atomic E-state index is 0.145. The zero-order chi connectivity index (χ0) is 15.3. The quantitative estimate of drug-likeness (QED) is 0.646. The lowest BCUT2D eigenvalue weighted by atomic mass is 10.2. The zero-order valence-electron chi connectivity index (χ0n) is 11.2. The lowest BCUT2D eigenvalue weighted by molar-refractivity contribution is -0.129. The predicted octanol–water partition coefficient (Wildman–Crippen LogP) is 2.65. The molecule has 0 heterocycles. The Kier molecular flexibility index (Phi) is 6.10. The van der Waals surface area contributed by atoms with Crippen LogP contribution in [-0.2, 0) is 9.53 Å². The summed E-state index contributed by atoms with van der Waals surface area (Å²) in [6.07, 6.45) is -0.0971. The molecule has 1 amide bonds. The van der Waals surface area contributed by atoms with Gasteiger partial charge in [-0.3, -0.25) is 4.79 Å². The highest BCUT2D eigenvalue weighted by atomic mass is 35.5. The number of halogens is 2. The van der Waals surface area contributed by atoms with Crippen molar-refractivity contribution in [2.45, 2.75) is 26.4 Å². The lowest BCUT2D eigenvalue weighted by Gasteiger charge is -2.13. The Morgan fingerprint density at radius 2 is 2.05 bits per heavy atom. The van der Waals surface area contributed by atoms with Gasteiger partial charge in [0.15, 0.2) is 6.10 Å². The van der Waals surface area contributed by atoms with Gasteiger partial charge in [-0.1, -0.05) is 30.1 Å². The SMILES string of the molecule is CCCNC(=O)C(C)OC(=O)c1cc(N)c(Cl)c(Cl)c1. The lowest BCUT2D eigenvalue weighted by Crippen LogP contribution is -2.36. The molecular formula is C13H16Cl2N2O3. The third-order valence-electron chi connectivity index (χ3n) is 2.49. The number of anilines is 1. The van der Waals surface area contributed by atoms with E-state index in [0.29, 0.717) is 6.54 Å². The van der Waals surface area contributed by atoms with Crippen molar-refractivity contribution in [2.24, 2.45) is 0 Å². The second-order valence-electron chi connectivity index (χ2n) is 4.20. The van der Waals surface area contributed by atoms with Crippen molar-refractivity contribution >= 4 is 40.8 Å². The Morgan fingerprint density at radius 1 is 1.40 bits per heavy atom. The van der Waals surface area contributed by atoms with E-state index < -0.39 is 12.1 Å². The molecule has 0 radical (unpaired) electrons. The normalized spacial score (nSPS) is 11.8. The summed E-state index contributed by atoms with van der Waals surface area (Å²) in [6.45, 7) is 3.94. The van der Waals surface area contributed by atoms with Gasteiger partial charge in [0.2, 0.25) is 0 Å². The zero-order valence-corrected chi connectivity index (χ0v) is 12.7. The minimum Gasteiger partial charge on any atom is -0.449 e. The number of ether oxygens (including phenoxy) is 1. The number of amides is 1. The first-order chi connectivity index (χ1) is 9.36. The number of carbonyl (C=O) groups excluding carboxylic acids is 2. The van der Waals surface area contributed by atoms with Gasteiger partial charge in [0.25, 0.3) is 5.91 Å². The van der Waals surface area contributed by atoms with Crippen molar-refractivity contribution in [1.29, 1.82) is 0 Å². The summed E-state index contributed by atoms with van der Waals surface area (Å²) in [7, 11) is 0. The molecule has 3 N–H and O–H groups in total. The van der Waals surface area contributed by atoms with Gasteiger partial charge in [0.1, 0.15) is 0 Å². The van der Waals surface area contributed by atoms with Crippen LogP contribution in [0.1, 0.15) is 30.6 Å². The Labute approximate surface area is 127 Å². The molecule has 1 rings (SSSR count). The fourth-order valence-electron chi connectivity index (χ4n) is 1.40. The summed E-state index contributed by atoms with van der Waals surface area (Å²) in [6, 6.07) is 2.70. The van der Waals surface area contributed by atoms with Crippen molar-refractivity contribution in [1.82, 2.24) is 5.32 Å². The maximum Gasteiger partial charge on any atom is 0.339 e. The van der Waals surface area contributed by atoms with Crippen LogP contribution in [0.15, 0.2) is 12.1 Å². The van der Waals surface area contributed by atoms with Gasteiger partial charge < -0.3 is 15.8 Å². The van der Waals surface area contributed by atoms with E-state index >= 15 is 0 Å². The second-order valence-corrected chi connectivity index (χ2v) is 4.99. The molecule has 0 fully saturated rings. The number of nitrogens with one attached hydrogen (secondary N) is 1. The molecule has 0 aromatic heterocycles. The van der Waals surface area contributed by atoms with E-state index in [1.807, 2.05) is 6.92 Å². The van der Waals surface area contributed by atoms with Crippen LogP contribution in [0.4, 0.5) is 5.69 Å². The molecule has 1 atom stereocenters. The van der Waals surface area contributed by atoms with Crippen molar-refractivity contribution < 1.29 is 14.3 Å². The Hall–Kier alpha value is -1.46. The summed E-state index contributed by atoms with van der Waals surface area (Å²) in [5.41, 5.74) is 5.93. The number of esters is 1. The first-order valence-corrected chi connectivity index (χ1v) is 6.85. The number of benzene rings is 1. The van der Waals surface area contributed by atoms with Crippen LogP contribution < -0.4 is 11.1 Å². The van der Waals surface area contributed by atoms with Crippen LogP contribution in [0.25, 0.3) is 0 Å². The smallest absolute Gasteiger partial charge is 0.339 e. The third-order valence-corrected chi connectivity index (χ3v) is 3.31. The molecule has 110 valence electrons. The molecule has 1 aromatic carbocycles. The summed E-state index contributed by atoms with van der Waals surface area (Å²) in [4.78, 5) is 23.5. The molecule has 7 heteroatoms. The summed E-state index contributed by atoms with van der Waals surface area (Å²) >= 11 is 11.6. The number of nitrogens with two attached hydrogens (primary N) is 1. The Balaban J connectivity index is 2.74. The van der Waals surface area contributed by atoms with Gasteiger partial charge in [-0.05, 0) is 25.5 Å². The van der Waals surface area contributed by atoms with Crippen LogP contribution in [0.5, 0.6) is 0 Å². The predicted molar refractivity (Wildman–Crippen MR) is 79.1 cm³/mol. The van der Waals surface area contributed by atoms with Gasteiger partial charge in [-0.2, -0.15) is 0 Å². The average Bonchev–Trinajstić information content (AvgIpc) is 2.41. The average molecular weight is 319 g/mol. The molecule has 0 aliphatic carbocycles. The van der Waals surface area contributed by atoms with Crippen LogP contribution in [-0.4, -0.2) is 24.5 Å². The molecule has 0 spiro atoms. The largest absolute Gasteiger partial charge is 0.449 e. The van der Waals surface area contributed by atoms with E-state index in [1.165, 1.54) is 19.1 Å². The van der Waals surface area contributed by atoms with Gasteiger partial charge >= 0.3 is 5.97 Å². The maximum atomic E-state index is 11.9. The summed E-state index contributed by atoms with van der Waals surface area (Å²) in [5.74, 6) is -1.04. The first kappa shape index (κ1) is 16.6. The van der Waals surface area contributed by atoms with Crippen LogP contribution in [0.2, 0.25) is 10.0 Å². The highest BCUT2D eigenvalue weighted by Crippen LogP contribution is 2.29. The van der Waals surface area contributed by atoms with E-state index in [2.05, 4.69) is 5.32 Å². The number of hydrogen-bond donors (Lipinski definition) is 2. The molecule has 0 saturated carbocycles. The van der Waals surface area contributed by atoms with Gasteiger partial charge in [0, 0.05) is 6.54 Å². The van der Waals surface area contributed by atoms with Crippen molar-refractivity contribution in [3.63, 3.8) is 0 Å². The fourth-order valence-corrected chi connectivity index (χ4v) is 1.74. The molecule has 5 nitrogen and oxygen atoms in total. The number of carbonyl (C=O) groups is 2. The third kappa shape index (κ3) is 4.28. The topological polar surface area (TPSA) is 81.4 Å². The van der Waals surface area contributed by atoms with Crippen LogP contribution in [0.3, 0.4) is 0 Å². The highest BCUT2D eigenvalue weighted by Gasteiger charge is 2.19. The Morgan fingerprint density at radius 3 is 2.60 bits per heavy atom. The molecule has 0 aliphatic rings. The van der Waals surface area contributed by atoms with E-state index in [9.17, 15) is 9.59 Å². The summed E-state index contributed by atoms with van der Waals surface area (Å²) in [5, 5.41) is 2.96. The molecule has 1 aromatic rings. The first-order valence-electron chi connectivity index (χ1n) is 6.10. The molecular weight excluding hydrogens is 303 g/mol. The minimum atomic E-state index is -0.898. The molecule has 0 aliphatic heterocycles. The monoisotopic (exact) mass is 318 g/mol. The van der Waals surface area contributed by atoms with Gasteiger partial charge in [-0.15, -0.1) is 0 Å². The molecule has 0 bridgehead atoms. The number of nitrogen functional groups attached to an aromatic ring is 1. The molecule has 1 unspecified atom stereocenters. The van der Waals surface area contributed by atoms with Crippen molar-refractivity contribution in [3.05, 3.63) is 27.7 Å². The van der Waals surface area contributed by atoms with E-state index in [4.69, 9.17) is 33.7 Å². The van der Waals surface area contributed by atoms with E-state index in [-0.39, 0.29) is 27.2 Å². The molecule has 0 saturated heterocycles. The van der Waals surface area contributed by atoms with Crippen LogP contribution >= 0.6 is 23.2 Å². The maximum absolute atomic E-state index is 11.9. The van der Waals surface area contributed by atoms with Crippen molar-refractivity contribution in [2.75, 3.05) is 12.3 Å².